The van der Waals surface area contributed by atoms with Gasteiger partial charge in [-0.2, -0.15) is 0 Å². The topological polar surface area (TPSA) is 55.4 Å². The molecule has 3 aromatic carbocycles. The first kappa shape index (κ1) is 16.1. The maximum atomic E-state index is 12.3. The van der Waals surface area contributed by atoms with Crippen molar-refractivity contribution in [2.24, 2.45) is 0 Å². The Labute approximate surface area is 141 Å². The molecular formula is C19H17NO3S. The highest BCUT2D eigenvalue weighted by atomic mass is 32.2. The molecule has 0 aliphatic carbocycles. The maximum Gasteiger partial charge on any atom is 0.261 e. The molecule has 0 spiro atoms. The first-order valence-corrected chi connectivity index (χ1v) is 8.94. The van der Waals surface area contributed by atoms with Crippen molar-refractivity contribution in [1.29, 1.82) is 0 Å². The Hall–Kier alpha value is -2.79. The predicted octanol–water partition coefficient (Wildman–Crippen LogP) is 4.59. The fourth-order valence-electron chi connectivity index (χ4n) is 2.15. The average molecular weight is 339 g/mol. The number of nitrogens with one attached hydrogen (secondary N) is 1. The average Bonchev–Trinajstić information content (AvgIpc) is 2.58. The molecule has 5 heteroatoms. The third kappa shape index (κ3) is 3.94. The van der Waals surface area contributed by atoms with Crippen LogP contribution in [-0.2, 0) is 10.0 Å². The van der Waals surface area contributed by atoms with Crippen LogP contribution in [-0.4, -0.2) is 8.42 Å². The van der Waals surface area contributed by atoms with Gasteiger partial charge in [0.1, 0.15) is 11.5 Å². The number of ether oxygens (including phenoxy) is 1. The summed E-state index contributed by atoms with van der Waals surface area (Å²) < 4.78 is 32.9. The standard InChI is InChI=1S/C19H17NO3S/c1-15-7-13-19(14-8-15)24(21,22)20-16-9-11-18(12-10-16)23-17-5-3-2-4-6-17/h2-14,20H,1H3. The van der Waals surface area contributed by atoms with Crippen LogP contribution in [0.25, 0.3) is 0 Å². The summed E-state index contributed by atoms with van der Waals surface area (Å²) >= 11 is 0. The van der Waals surface area contributed by atoms with Crippen molar-refractivity contribution in [3.63, 3.8) is 0 Å². The van der Waals surface area contributed by atoms with Crippen LogP contribution >= 0.6 is 0 Å². The van der Waals surface area contributed by atoms with Gasteiger partial charge in [-0.3, -0.25) is 4.72 Å². The first-order valence-electron chi connectivity index (χ1n) is 7.45. The molecule has 0 aromatic heterocycles. The van der Waals surface area contributed by atoms with Gasteiger partial charge in [-0.05, 0) is 55.5 Å². The first-order chi connectivity index (χ1) is 11.5. The number of para-hydroxylation sites is 1. The van der Waals surface area contributed by atoms with E-state index in [1.165, 1.54) is 0 Å². The SMILES string of the molecule is Cc1ccc(S(=O)(=O)Nc2ccc(Oc3ccccc3)cc2)cc1. The highest BCUT2D eigenvalue weighted by Gasteiger charge is 2.13. The molecule has 0 saturated carbocycles. The van der Waals surface area contributed by atoms with Crippen LogP contribution in [0.4, 0.5) is 5.69 Å². The summed E-state index contributed by atoms with van der Waals surface area (Å²) in [6.07, 6.45) is 0. The summed E-state index contributed by atoms with van der Waals surface area (Å²) in [5, 5.41) is 0. The zero-order chi connectivity index (χ0) is 17.0. The molecule has 3 aromatic rings. The lowest BCUT2D eigenvalue weighted by Gasteiger charge is -2.10. The third-order valence-corrected chi connectivity index (χ3v) is 4.81. The highest BCUT2D eigenvalue weighted by Crippen LogP contribution is 2.24. The summed E-state index contributed by atoms with van der Waals surface area (Å²) in [4.78, 5) is 0.234. The Kier molecular flexibility index (Phi) is 4.53. The molecule has 24 heavy (non-hydrogen) atoms. The minimum Gasteiger partial charge on any atom is -0.457 e. The molecule has 0 radical (unpaired) electrons. The van der Waals surface area contributed by atoms with Crippen LogP contribution in [0.1, 0.15) is 5.56 Å². The maximum absolute atomic E-state index is 12.3. The lowest BCUT2D eigenvalue weighted by molar-refractivity contribution is 0.483. The zero-order valence-electron chi connectivity index (χ0n) is 13.1. The van der Waals surface area contributed by atoms with Gasteiger partial charge in [-0.15, -0.1) is 0 Å². The van der Waals surface area contributed by atoms with Gasteiger partial charge >= 0.3 is 0 Å². The third-order valence-electron chi connectivity index (χ3n) is 3.42. The van der Waals surface area contributed by atoms with E-state index in [0.29, 0.717) is 11.4 Å². The fourth-order valence-corrected chi connectivity index (χ4v) is 3.21. The van der Waals surface area contributed by atoms with E-state index in [-0.39, 0.29) is 4.90 Å². The summed E-state index contributed by atoms with van der Waals surface area (Å²) in [5.41, 5.74) is 1.49. The monoisotopic (exact) mass is 339 g/mol. The van der Waals surface area contributed by atoms with Gasteiger partial charge in [0, 0.05) is 5.69 Å². The molecule has 0 amide bonds. The molecule has 0 bridgehead atoms. The van der Waals surface area contributed by atoms with Gasteiger partial charge in [0.15, 0.2) is 0 Å². The molecule has 0 fully saturated rings. The minimum absolute atomic E-state index is 0.234. The highest BCUT2D eigenvalue weighted by molar-refractivity contribution is 7.92. The Bertz CT molecular complexity index is 903. The van der Waals surface area contributed by atoms with Crippen LogP contribution in [0.2, 0.25) is 0 Å². The number of aryl methyl sites for hydroxylation is 1. The second kappa shape index (κ2) is 6.76. The number of hydrogen-bond donors (Lipinski definition) is 1. The summed E-state index contributed by atoms with van der Waals surface area (Å²) in [5.74, 6) is 1.37. The van der Waals surface area contributed by atoms with E-state index in [1.807, 2.05) is 37.3 Å². The number of anilines is 1. The predicted molar refractivity (Wildman–Crippen MR) is 94.9 cm³/mol. The van der Waals surface area contributed by atoms with Gasteiger partial charge < -0.3 is 4.74 Å². The minimum atomic E-state index is -3.59. The molecule has 0 heterocycles. The van der Waals surface area contributed by atoms with E-state index >= 15 is 0 Å². The van der Waals surface area contributed by atoms with Gasteiger partial charge in [0.05, 0.1) is 4.90 Å². The van der Waals surface area contributed by atoms with Crippen molar-refractivity contribution in [2.75, 3.05) is 4.72 Å². The van der Waals surface area contributed by atoms with Crippen LogP contribution in [0.5, 0.6) is 11.5 Å². The van der Waals surface area contributed by atoms with E-state index in [1.54, 1.807) is 48.5 Å². The molecule has 122 valence electrons. The van der Waals surface area contributed by atoms with Crippen molar-refractivity contribution in [3.8, 4) is 11.5 Å². The number of hydrogen-bond acceptors (Lipinski definition) is 3. The van der Waals surface area contributed by atoms with Gasteiger partial charge in [-0.25, -0.2) is 8.42 Å². The fraction of sp³-hybridized carbons (Fsp3) is 0.0526. The van der Waals surface area contributed by atoms with Crippen molar-refractivity contribution in [1.82, 2.24) is 0 Å². The van der Waals surface area contributed by atoms with E-state index in [2.05, 4.69) is 4.72 Å². The molecule has 0 unspecified atom stereocenters. The second-order valence-electron chi connectivity index (χ2n) is 5.36. The van der Waals surface area contributed by atoms with Crippen molar-refractivity contribution >= 4 is 15.7 Å². The van der Waals surface area contributed by atoms with E-state index in [4.69, 9.17) is 4.74 Å². The molecule has 1 N–H and O–H groups in total. The largest absolute Gasteiger partial charge is 0.457 e. The van der Waals surface area contributed by atoms with E-state index in [0.717, 1.165) is 11.3 Å². The quantitative estimate of drug-likeness (QED) is 0.740. The van der Waals surface area contributed by atoms with E-state index < -0.39 is 10.0 Å². The summed E-state index contributed by atoms with van der Waals surface area (Å²) in [6, 6.07) is 22.9. The number of benzene rings is 3. The number of sulfonamides is 1. The Morgan fingerprint density at radius 1 is 0.750 bits per heavy atom. The van der Waals surface area contributed by atoms with Gasteiger partial charge in [-0.1, -0.05) is 35.9 Å². The smallest absolute Gasteiger partial charge is 0.261 e. The molecule has 3 rings (SSSR count). The van der Waals surface area contributed by atoms with E-state index in [9.17, 15) is 8.42 Å². The summed E-state index contributed by atoms with van der Waals surface area (Å²) in [6.45, 7) is 1.91. The summed E-state index contributed by atoms with van der Waals surface area (Å²) in [7, 11) is -3.59. The van der Waals surface area contributed by atoms with Crippen molar-refractivity contribution in [2.45, 2.75) is 11.8 Å². The number of rotatable bonds is 5. The molecule has 0 saturated heterocycles. The lowest BCUT2D eigenvalue weighted by Crippen LogP contribution is -2.12. The van der Waals surface area contributed by atoms with Crippen molar-refractivity contribution < 1.29 is 13.2 Å². The van der Waals surface area contributed by atoms with Crippen LogP contribution in [0, 0.1) is 6.92 Å². The normalized spacial score (nSPS) is 11.0. The van der Waals surface area contributed by atoms with Gasteiger partial charge in [0.2, 0.25) is 0 Å². The molecule has 0 aliphatic rings. The van der Waals surface area contributed by atoms with Crippen molar-refractivity contribution in [3.05, 3.63) is 84.4 Å². The molecular weight excluding hydrogens is 322 g/mol. The molecule has 0 aliphatic heterocycles. The Balaban J connectivity index is 1.73. The van der Waals surface area contributed by atoms with Crippen LogP contribution in [0.3, 0.4) is 0 Å². The Morgan fingerprint density at radius 2 is 1.33 bits per heavy atom. The zero-order valence-corrected chi connectivity index (χ0v) is 14.0. The lowest BCUT2D eigenvalue weighted by atomic mass is 10.2. The molecule has 0 atom stereocenters. The second-order valence-corrected chi connectivity index (χ2v) is 7.04. The van der Waals surface area contributed by atoms with Crippen LogP contribution < -0.4 is 9.46 Å². The Morgan fingerprint density at radius 3 is 1.96 bits per heavy atom. The van der Waals surface area contributed by atoms with Gasteiger partial charge in [0.25, 0.3) is 10.0 Å². The van der Waals surface area contributed by atoms with Crippen LogP contribution in [0.15, 0.2) is 83.8 Å². The molecule has 4 nitrogen and oxygen atoms in total.